The normalized spacial score (nSPS) is 10.9. The summed E-state index contributed by atoms with van der Waals surface area (Å²) in [6, 6.07) is 0. The van der Waals surface area contributed by atoms with Crippen LogP contribution in [0.4, 0.5) is 0 Å². The van der Waals surface area contributed by atoms with Crippen molar-refractivity contribution >= 4 is 20.2 Å². The summed E-state index contributed by atoms with van der Waals surface area (Å²) in [5, 5.41) is 23.1. The molecule has 0 bridgehead atoms. The molecule has 20 nitrogen and oxygen atoms in total. The minimum Gasteiger partial charge on any atom is -0.394 e. The minimum absolute atomic E-state index is 0.0417. The number of ether oxygens (including phenoxy) is 6. The third kappa shape index (κ3) is 54.2. The van der Waals surface area contributed by atoms with E-state index < -0.39 is 20.2 Å². The molecule has 0 fully saturated rings. The maximum absolute atomic E-state index is 10.6. The molecule has 0 saturated carbocycles. The van der Waals surface area contributed by atoms with Crippen LogP contribution in [-0.4, -0.2) is 158 Å². The van der Waals surface area contributed by atoms with E-state index in [9.17, 15) is 16.8 Å². The van der Waals surface area contributed by atoms with Gasteiger partial charge in [-0.15, -0.1) is 0 Å². The van der Waals surface area contributed by atoms with Crippen molar-refractivity contribution in [1.29, 1.82) is 0 Å². The topological polar surface area (TPSA) is 280 Å². The molecule has 0 heterocycles. The zero-order chi connectivity index (χ0) is 32.2. The second-order valence-electron chi connectivity index (χ2n) is 7.08. The monoisotopic (exact) mass is 656 g/mol. The molecular weight excluding hydrogens is 612 g/mol. The van der Waals surface area contributed by atoms with Gasteiger partial charge in [0.25, 0.3) is 20.2 Å². The van der Waals surface area contributed by atoms with Crippen molar-refractivity contribution in [3.05, 3.63) is 20.9 Å². The third-order valence-electron chi connectivity index (χ3n) is 3.44. The molecule has 0 atom stereocenters. The quantitative estimate of drug-likeness (QED) is 0.0375. The molecule has 42 heavy (non-hydrogen) atoms. The molecule has 22 heteroatoms. The van der Waals surface area contributed by atoms with Crippen LogP contribution in [0.1, 0.15) is 0 Å². The molecule has 0 spiro atoms. The Labute approximate surface area is 246 Å². The van der Waals surface area contributed by atoms with Gasteiger partial charge in [0.2, 0.25) is 0 Å². The van der Waals surface area contributed by atoms with Crippen LogP contribution in [-0.2, 0) is 57.0 Å². The summed E-state index contributed by atoms with van der Waals surface area (Å²) in [5.41, 5.74) is 15.9. The average Bonchev–Trinajstić information content (AvgIpc) is 2.92. The van der Waals surface area contributed by atoms with Crippen molar-refractivity contribution in [3.63, 3.8) is 0 Å². The largest absolute Gasteiger partial charge is 0.394 e. The van der Waals surface area contributed by atoms with E-state index in [1.54, 1.807) is 0 Å². The summed E-state index contributed by atoms with van der Waals surface area (Å²) >= 11 is 0. The lowest BCUT2D eigenvalue weighted by molar-refractivity contribution is 0.0222. The first-order valence-electron chi connectivity index (χ1n) is 12.4. The zero-order valence-corrected chi connectivity index (χ0v) is 25.7. The van der Waals surface area contributed by atoms with Crippen molar-refractivity contribution in [3.8, 4) is 0 Å². The van der Waals surface area contributed by atoms with Crippen molar-refractivity contribution in [1.82, 2.24) is 0 Å². The number of aliphatic hydroxyl groups is 2. The number of rotatable bonds is 27. The van der Waals surface area contributed by atoms with Gasteiger partial charge in [-0.25, -0.2) is 0 Å². The highest BCUT2D eigenvalue weighted by molar-refractivity contribution is 7.86. The van der Waals surface area contributed by atoms with Crippen LogP contribution in [0.25, 0.3) is 20.9 Å². The van der Waals surface area contributed by atoms with E-state index in [0.29, 0.717) is 65.9 Å². The van der Waals surface area contributed by atoms with Gasteiger partial charge in [0.1, 0.15) is 0 Å². The molecule has 0 aromatic carbocycles. The second kappa shape index (κ2) is 35.3. The molecule has 0 saturated heterocycles. The smallest absolute Gasteiger partial charge is 0.264 e. The molecule has 0 unspecified atom stereocenters. The lowest BCUT2D eigenvalue weighted by Gasteiger charge is -2.05. The Morgan fingerprint density at radius 2 is 0.762 bits per heavy atom. The van der Waals surface area contributed by atoms with Gasteiger partial charge >= 0.3 is 0 Å². The van der Waals surface area contributed by atoms with E-state index in [-0.39, 0.29) is 52.9 Å². The Kier molecular flexibility index (Phi) is 37.5. The van der Waals surface area contributed by atoms with Gasteiger partial charge in [-0.05, 0) is 11.1 Å². The molecule has 0 amide bonds. The van der Waals surface area contributed by atoms with Gasteiger partial charge in [0.15, 0.2) is 0 Å². The van der Waals surface area contributed by atoms with Crippen LogP contribution < -0.4 is 0 Å². The molecule has 0 aliphatic rings. The van der Waals surface area contributed by atoms with E-state index >= 15 is 0 Å². The molecule has 0 radical (unpaired) electrons. The predicted molar refractivity (Wildman–Crippen MR) is 149 cm³/mol. The minimum atomic E-state index is -3.43. The maximum atomic E-state index is 10.6. The van der Waals surface area contributed by atoms with Gasteiger partial charge in [-0.3, -0.25) is 8.37 Å². The fourth-order valence-corrected chi connectivity index (χ4v) is 2.63. The Hall–Kier alpha value is -1.88. The van der Waals surface area contributed by atoms with E-state index in [2.05, 4.69) is 28.4 Å². The number of hydrogen-bond donors (Lipinski definition) is 2. The fourth-order valence-electron chi connectivity index (χ4n) is 1.88. The number of aliphatic hydroxyl groups excluding tert-OH is 2. The number of azide groups is 2. The Morgan fingerprint density at radius 1 is 0.500 bits per heavy atom. The van der Waals surface area contributed by atoms with E-state index in [1.165, 1.54) is 0 Å². The average molecular weight is 657 g/mol. The maximum Gasteiger partial charge on any atom is 0.264 e. The SMILES string of the molecule is CS(=O)(=O)OCCOCCOCCOS(C)(=O)=O.OCCOCCOCCO.[N-]=[N+]=NCCOCCOCCN=[N+]=[N-]. The molecule has 0 aliphatic carbocycles. The zero-order valence-electron chi connectivity index (χ0n) is 24.0. The van der Waals surface area contributed by atoms with Crippen LogP contribution in [0.3, 0.4) is 0 Å². The number of nitrogens with zero attached hydrogens (tertiary/aromatic N) is 6. The highest BCUT2D eigenvalue weighted by Crippen LogP contribution is 1.89. The van der Waals surface area contributed by atoms with Crippen LogP contribution in [0.15, 0.2) is 10.2 Å². The summed E-state index contributed by atoms with van der Waals surface area (Å²) in [6.45, 7) is 4.75. The molecule has 0 aliphatic heterocycles. The van der Waals surface area contributed by atoms with E-state index in [1.807, 2.05) is 0 Å². The van der Waals surface area contributed by atoms with Crippen LogP contribution >= 0.6 is 0 Å². The lowest BCUT2D eigenvalue weighted by Crippen LogP contribution is -2.14. The first kappa shape index (κ1) is 44.6. The summed E-state index contributed by atoms with van der Waals surface area (Å²) in [7, 11) is -6.86. The summed E-state index contributed by atoms with van der Waals surface area (Å²) in [5.74, 6) is 0. The van der Waals surface area contributed by atoms with Crippen LogP contribution in [0.5, 0.6) is 0 Å². The third-order valence-corrected chi connectivity index (χ3v) is 4.62. The van der Waals surface area contributed by atoms with Gasteiger partial charge in [0, 0.05) is 22.9 Å². The van der Waals surface area contributed by atoms with Gasteiger partial charge in [0.05, 0.1) is 118 Å². The van der Waals surface area contributed by atoms with Crippen LogP contribution in [0.2, 0.25) is 0 Å². The summed E-state index contributed by atoms with van der Waals surface area (Å²) < 4.78 is 80.9. The molecule has 2 N–H and O–H groups in total. The molecular formula is C20H44N6O14S2. The van der Waals surface area contributed by atoms with E-state index in [4.69, 9.17) is 49.7 Å². The highest BCUT2D eigenvalue weighted by Gasteiger charge is 2.01. The Bertz CT molecular complexity index is 814. The standard InChI is InChI=1S/C8H18O8S2.C6H12N6O2.C6H14O4/c1-17(9,10)15-7-5-13-3-4-14-6-8-16-18(2,11)12;7-11-9-1-3-13-5-6-14-4-2-10-12-8;7-1-3-9-5-6-10-4-2-8/h3-8H2,1-2H3;1-6H2;7-8H,1-6H2. The highest BCUT2D eigenvalue weighted by atomic mass is 32.2. The summed E-state index contributed by atoms with van der Waals surface area (Å²) in [6.07, 6.45) is 1.91. The van der Waals surface area contributed by atoms with E-state index in [0.717, 1.165) is 12.5 Å². The van der Waals surface area contributed by atoms with Gasteiger partial charge < -0.3 is 38.6 Å². The lowest BCUT2D eigenvalue weighted by atomic mass is 10.7. The van der Waals surface area contributed by atoms with Crippen LogP contribution in [0, 0.1) is 0 Å². The molecule has 250 valence electrons. The first-order valence-corrected chi connectivity index (χ1v) is 16.1. The van der Waals surface area contributed by atoms with Gasteiger partial charge in [-0.2, -0.15) is 16.8 Å². The molecule has 0 aromatic heterocycles. The molecule has 0 aromatic rings. The predicted octanol–water partition coefficient (Wildman–Crippen LogP) is -0.384. The van der Waals surface area contributed by atoms with Gasteiger partial charge in [-0.1, -0.05) is 10.2 Å². The summed E-state index contributed by atoms with van der Waals surface area (Å²) in [4.78, 5) is 5.14. The van der Waals surface area contributed by atoms with Crippen molar-refractivity contribution < 1.29 is 63.8 Å². The van der Waals surface area contributed by atoms with Crippen molar-refractivity contribution in [2.45, 2.75) is 0 Å². The molecule has 0 rings (SSSR count). The van der Waals surface area contributed by atoms with Crippen molar-refractivity contribution in [2.24, 2.45) is 10.2 Å². The number of hydrogen-bond acceptors (Lipinski definition) is 16. The Morgan fingerprint density at radius 3 is 1.02 bits per heavy atom. The first-order chi connectivity index (χ1) is 20.0. The Balaban J connectivity index is -0.000000567. The second-order valence-corrected chi connectivity index (χ2v) is 10.4. The van der Waals surface area contributed by atoms with Crippen molar-refractivity contribution in [2.75, 3.05) is 131 Å². The fraction of sp³-hybridized carbons (Fsp3) is 1.00.